The molecule has 0 aromatic heterocycles. The number of amides is 2. The lowest BCUT2D eigenvalue weighted by molar-refractivity contribution is 0.170. The van der Waals surface area contributed by atoms with Gasteiger partial charge >= 0.3 is 6.03 Å². The number of para-hydroxylation sites is 1. The summed E-state index contributed by atoms with van der Waals surface area (Å²) in [6.45, 7) is 7.13. The van der Waals surface area contributed by atoms with Crippen molar-refractivity contribution in [1.29, 1.82) is 0 Å². The molecular weight excluding hydrogens is 212 g/mol. The molecule has 0 radical (unpaired) electrons. The highest BCUT2D eigenvalue weighted by Crippen LogP contribution is 2.38. The van der Waals surface area contributed by atoms with Crippen LogP contribution in [0.3, 0.4) is 0 Å². The summed E-state index contributed by atoms with van der Waals surface area (Å²) >= 11 is 0. The van der Waals surface area contributed by atoms with Crippen LogP contribution in [0.5, 0.6) is 0 Å². The fourth-order valence-electron chi connectivity index (χ4n) is 2.85. The zero-order chi connectivity index (χ0) is 12.2. The molecule has 0 aliphatic carbocycles. The smallest absolute Gasteiger partial charge is 0.317 e. The molecule has 1 atom stereocenters. The van der Waals surface area contributed by atoms with E-state index in [0.717, 1.165) is 18.7 Å². The molecule has 2 aliphatic rings. The lowest BCUT2D eigenvalue weighted by atomic mass is 10.1. The fourth-order valence-corrected chi connectivity index (χ4v) is 2.85. The minimum absolute atomic E-state index is 0.0869. The van der Waals surface area contributed by atoms with Crippen molar-refractivity contribution in [3.05, 3.63) is 29.8 Å². The largest absolute Gasteiger partial charge is 0.325 e. The second-order valence-corrected chi connectivity index (χ2v) is 5.92. The van der Waals surface area contributed by atoms with E-state index in [0.29, 0.717) is 6.04 Å². The Morgan fingerprint density at radius 3 is 2.65 bits per heavy atom. The molecule has 1 aromatic carbocycles. The van der Waals surface area contributed by atoms with Crippen molar-refractivity contribution < 1.29 is 4.79 Å². The number of fused-ring (bicyclic) bond motifs is 3. The molecule has 0 N–H and O–H groups in total. The van der Waals surface area contributed by atoms with Gasteiger partial charge in [-0.1, -0.05) is 18.2 Å². The van der Waals surface area contributed by atoms with Crippen LogP contribution in [-0.2, 0) is 6.42 Å². The van der Waals surface area contributed by atoms with Gasteiger partial charge in [0.2, 0.25) is 0 Å². The molecule has 90 valence electrons. The Balaban J connectivity index is 1.98. The maximum Gasteiger partial charge on any atom is 0.325 e. The maximum absolute atomic E-state index is 12.4. The first kappa shape index (κ1) is 10.6. The van der Waals surface area contributed by atoms with Crippen molar-refractivity contribution in [3.8, 4) is 0 Å². The number of carbonyl (C=O) groups is 1. The molecule has 17 heavy (non-hydrogen) atoms. The zero-order valence-corrected chi connectivity index (χ0v) is 10.6. The zero-order valence-electron chi connectivity index (χ0n) is 10.6. The predicted molar refractivity (Wildman–Crippen MR) is 68.3 cm³/mol. The van der Waals surface area contributed by atoms with E-state index in [1.165, 1.54) is 5.56 Å². The van der Waals surface area contributed by atoms with Gasteiger partial charge in [0.05, 0.1) is 6.04 Å². The summed E-state index contributed by atoms with van der Waals surface area (Å²) in [6, 6.07) is 8.73. The van der Waals surface area contributed by atoms with Gasteiger partial charge in [0.15, 0.2) is 0 Å². The number of urea groups is 1. The molecule has 0 saturated carbocycles. The normalized spacial score (nSPS) is 23.0. The molecule has 2 amide bonds. The summed E-state index contributed by atoms with van der Waals surface area (Å²) in [6.07, 6.45) is 0.995. The van der Waals surface area contributed by atoms with Crippen molar-refractivity contribution in [2.75, 3.05) is 11.4 Å². The first-order valence-corrected chi connectivity index (χ1v) is 6.17. The number of rotatable bonds is 0. The van der Waals surface area contributed by atoms with Gasteiger partial charge in [0.1, 0.15) is 0 Å². The summed E-state index contributed by atoms with van der Waals surface area (Å²) in [5, 5.41) is 0. The molecule has 2 heterocycles. The lowest BCUT2D eigenvalue weighted by Crippen LogP contribution is -2.44. The monoisotopic (exact) mass is 230 g/mol. The fraction of sp³-hybridized carbons (Fsp3) is 0.500. The predicted octanol–water partition coefficient (Wildman–Crippen LogP) is 2.65. The van der Waals surface area contributed by atoms with E-state index in [4.69, 9.17) is 0 Å². The Hall–Kier alpha value is -1.51. The van der Waals surface area contributed by atoms with Crippen molar-refractivity contribution in [2.24, 2.45) is 0 Å². The van der Waals surface area contributed by atoms with Crippen molar-refractivity contribution in [2.45, 2.75) is 38.8 Å². The Labute approximate surface area is 102 Å². The quantitative estimate of drug-likeness (QED) is 0.672. The molecule has 3 rings (SSSR count). The van der Waals surface area contributed by atoms with Crippen molar-refractivity contribution in [3.63, 3.8) is 0 Å². The van der Waals surface area contributed by atoms with E-state index in [-0.39, 0.29) is 11.6 Å². The van der Waals surface area contributed by atoms with E-state index < -0.39 is 0 Å². The maximum atomic E-state index is 12.4. The van der Waals surface area contributed by atoms with Crippen LogP contribution >= 0.6 is 0 Å². The van der Waals surface area contributed by atoms with Crippen LogP contribution in [0.25, 0.3) is 0 Å². The Morgan fingerprint density at radius 1 is 1.24 bits per heavy atom. The third-order valence-corrected chi connectivity index (χ3v) is 3.71. The van der Waals surface area contributed by atoms with Gasteiger partial charge in [-0.15, -0.1) is 0 Å². The number of hydrogen-bond acceptors (Lipinski definition) is 1. The van der Waals surface area contributed by atoms with Crippen LogP contribution in [0.15, 0.2) is 24.3 Å². The number of nitrogens with zero attached hydrogens (tertiary/aromatic N) is 2. The molecule has 0 spiro atoms. The number of benzene rings is 1. The number of anilines is 1. The summed E-state index contributed by atoms with van der Waals surface area (Å²) < 4.78 is 0. The second-order valence-electron chi connectivity index (χ2n) is 5.92. The molecule has 1 unspecified atom stereocenters. The van der Waals surface area contributed by atoms with Crippen LogP contribution in [0, 0.1) is 0 Å². The molecule has 1 fully saturated rings. The highest BCUT2D eigenvalue weighted by atomic mass is 16.2. The van der Waals surface area contributed by atoms with Crippen LogP contribution < -0.4 is 4.90 Å². The first-order chi connectivity index (χ1) is 7.98. The minimum Gasteiger partial charge on any atom is -0.317 e. The minimum atomic E-state index is -0.0869. The summed E-state index contributed by atoms with van der Waals surface area (Å²) in [5.41, 5.74) is 2.32. The van der Waals surface area contributed by atoms with E-state index in [9.17, 15) is 4.79 Å². The third kappa shape index (κ3) is 1.45. The second kappa shape index (κ2) is 3.25. The molecule has 1 saturated heterocycles. The third-order valence-electron chi connectivity index (χ3n) is 3.71. The van der Waals surface area contributed by atoms with Crippen LogP contribution in [0.1, 0.15) is 26.3 Å². The lowest BCUT2D eigenvalue weighted by Gasteiger charge is -2.31. The van der Waals surface area contributed by atoms with Gasteiger partial charge in [-0.05, 0) is 38.8 Å². The summed E-state index contributed by atoms with van der Waals surface area (Å²) in [5.74, 6) is 0. The Bertz CT molecular complexity index is 475. The average molecular weight is 230 g/mol. The van der Waals surface area contributed by atoms with Crippen LogP contribution in [0.4, 0.5) is 10.5 Å². The van der Waals surface area contributed by atoms with Crippen LogP contribution in [-0.4, -0.2) is 29.1 Å². The van der Waals surface area contributed by atoms with Gasteiger partial charge in [0.25, 0.3) is 0 Å². The summed E-state index contributed by atoms with van der Waals surface area (Å²) in [7, 11) is 0. The molecular formula is C14H18N2O. The topological polar surface area (TPSA) is 23.6 Å². The Kier molecular flexibility index (Phi) is 2.03. The van der Waals surface area contributed by atoms with E-state index in [2.05, 4.69) is 32.9 Å². The van der Waals surface area contributed by atoms with E-state index in [1.807, 2.05) is 21.9 Å². The van der Waals surface area contributed by atoms with E-state index >= 15 is 0 Å². The molecule has 2 aliphatic heterocycles. The van der Waals surface area contributed by atoms with Crippen molar-refractivity contribution >= 4 is 11.7 Å². The van der Waals surface area contributed by atoms with E-state index in [1.54, 1.807) is 0 Å². The summed E-state index contributed by atoms with van der Waals surface area (Å²) in [4.78, 5) is 16.4. The average Bonchev–Trinajstić information content (AvgIpc) is 2.75. The molecule has 1 aromatic rings. The first-order valence-electron chi connectivity index (χ1n) is 6.17. The molecule has 0 bridgehead atoms. The highest BCUT2D eigenvalue weighted by molar-refractivity contribution is 5.97. The Morgan fingerprint density at radius 2 is 1.94 bits per heavy atom. The van der Waals surface area contributed by atoms with Gasteiger partial charge in [-0.3, -0.25) is 4.90 Å². The number of carbonyl (C=O) groups excluding carboxylic acids is 1. The van der Waals surface area contributed by atoms with Gasteiger partial charge in [0, 0.05) is 17.8 Å². The standard InChI is InChI=1S/C14H18N2O/c1-14(2,3)15-9-11-8-10-6-4-5-7-12(10)16(11)13(15)17/h4-7,11H,8-9H2,1-3H3. The number of hydrogen-bond donors (Lipinski definition) is 0. The van der Waals surface area contributed by atoms with Crippen molar-refractivity contribution in [1.82, 2.24) is 4.90 Å². The molecule has 3 heteroatoms. The van der Waals surface area contributed by atoms with Crippen LogP contribution in [0.2, 0.25) is 0 Å². The van der Waals surface area contributed by atoms with Gasteiger partial charge in [-0.25, -0.2) is 4.79 Å². The van der Waals surface area contributed by atoms with Gasteiger partial charge in [-0.2, -0.15) is 0 Å². The molecule has 3 nitrogen and oxygen atoms in total. The highest BCUT2D eigenvalue weighted by Gasteiger charge is 2.46. The SMILES string of the molecule is CC(C)(C)N1CC2Cc3ccccc3N2C1=O. The van der Waals surface area contributed by atoms with Gasteiger partial charge < -0.3 is 4.90 Å².